The fourth-order valence-corrected chi connectivity index (χ4v) is 4.47. The van der Waals surface area contributed by atoms with Crippen LogP contribution in [0.15, 0.2) is 66.8 Å². The molecular weight excluding hydrogens is 452 g/mol. The van der Waals surface area contributed by atoms with Crippen LogP contribution in [0.25, 0.3) is 27.8 Å². The number of hydrogen-bond acceptors (Lipinski definition) is 1. The van der Waals surface area contributed by atoms with Crippen LogP contribution in [-0.2, 0) is 0 Å². The SMILES string of the molecule is CC=CC1CC=C(c2ccc(-c3ccc(-c4ccc(OCCC)c(F)c4F)cc3)c(F)c2F)CC1. The molecule has 1 aliphatic carbocycles. The lowest BCUT2D eigenvalue weighted by Gasteiger charge is -2.20. The van der Waals surface area contributed by atoms with Crippen molar-refractivity contribution in [3.63, 3.8) is 0 Å². The first-order valence-electron chi connectivity index (χ1n) is 12.0. The highest BCUT2D eigenvalue weighted by atomic mass is 19.2. The second-order valence-corrected chi connectivity index (χ2v) is 8.74. The summed E-state index contributed by atoms with van der Waals surface area (Å²) < 4.78 is 64.3. The Hall–Kier alpha value is -3.34. The summed E-state index contributed by atoms with van der Waals surface area (Å²) in [4.78, 5) is 0. The molecule has 1 unspecified atom stereocenters. The molecule has 0 N–H and O–H groups in total. The molecule has 0 amide bonds. The minimum Gasteiger partial charge on any atom is -0.490 e. The Kier molecular flexibility index (Phi) is 7.74. The molecule has 35 heavy (non-hydrogen) atoms. The summed E-state index contributed by atoms with van der Waals surface area (Å²) in [6.45, 7) is 4.15. The minimum absolute atomic E-state index is 0.0698. The largest absolute Gasteiger partial charge is 0.490 e. The monoisotopic (exact) mass is 480 g/mol. The lowest BCUT2D eigenvalue weighted by molar-refractivity contribution is 0.295. The molecule has 0 aliphatic heterocycles. The molecule has 0 spiro atoms. The van der Waals surface area contributed by atoms with E-state index < -0.39 is 23.3 Å². The van der Waals surface area contributed by atoms with E-state index >= 15 is 8.78 Å². The average Bonchev–Trinajstić information content (AvgIpc) is 2.88. The number of hydrogen-bond donors (Lipinski definition) is 0. The Bertz CT molecular complexity index is 1260. The smallest absolute Gasteiger partial charge is 0.201 e. The van der Waals surface area contributed by atoms with Crippen molar-refractivity contribution < 1.29 is 22.3 Å². The fourth-order valence-electron chi connectivity index (χ4n) is 4.47. The molecule has 0 saturated carbocycles. The molecule has 3 aromatic carbocycles. The molecule has 1 nitrogen and oxygen atoms in total. The highest BCUT2D eigenvalue weighted by molar-refractivity contribution is 5.74. The average molecular weight is 481 g/mol. The molecule has 5 heteroatoms. The van der Waals surface area contributed by atoms with Crippen LogP contribution in [-0.4, -0.2) is 6.61 Å². The van der Waals surface area contributed by atoms with Crippen molar-refractivity contribution in [2.45, 2.75) is 39.5 Å². The lowest BCUT2D eigenvalue weighted by atomic mass is 9.85. The third kappa shape index (κ3) is 5.19. The van der Waals surface area contributed by atoms with Gasteiger partial charge in [0.25, 0.3) is 0 Å². The van der Waals surface area contributed by atoms with Crippen LogP contribution in [0, 0.1) is 29.2 Å². The van der Waals surface area contributed by atoms with Crippen molar-refractivity contribution in [2.75, 3.05) is 6.61 Å². The normalized spacial score (nSPS) is 15.9. The first-order valence-corrected chi connectivity index (χ1v) is 12.0. The highest BCUT2D eigenvalue weighted by Gasteiger charge is 2.21. The molecule has 0 fully saturated rings. The fraction of sp³-hybridized carbons (Fsp3) is 0.267. The summed E-state index contributed by atoms with van der Waals surface area (Å²) in [5, 5.41) is 0. The van der Waals surface area contributed by atoms with Crippen LogP contribution in [0.5, 0.6) is 5.75 Å². The van der Waals surface area contributed by atoms with Gasteiger partial charge in [-0.3, -0.25) is 0 Å². The van der Waals surface area contributed by atoms with Crippen molar-refractivity contribution in [1.82, 2.24) is 0 Å². The third-order valence-electron chi connectivity index (χ3n) is 6.36. The van der Waals surface area contributed by atoms with E-state index in [2.05, 4.69) is 6.08 Å². The maximum atomic E-state index is 15.1. The van der Waals surface area contributed by atoms with E-state index in [1.807, 2.05) is 26.0 Å². The predicted octanol–water partition coefficient (Wildman–Crippen LogP) is 9.13. The van der Waals surface area contributed by atoms with Gasteiger partial charge in [-0.15, -0.1) is 0 Å². The van der Waals surface area contributed by atoms with Crippen LogP contribution in [0.1, 0.15) is 45.1 Å². The molecule has 0 bridgehead atoms. The molecule has 0 radical (unpaired) electrons. The molecular formula is C30H28F4O. The summed E-state index contributed by atoms with van der Waals surface area (Å²) in [5.41, 5.74) is 2.19. The Balaban J connectivity index is 1.58. The van der Waals surface area contributed by atoms with E-state index in [1.54, 1.807) is 36.4 Å². The van der Waals surface area contributed by atoms with Crippen LogP contribution in [0.4, 0.5) is 17.6 Å². The second kappa shape index (κ2) is 10.9. The van der Waals surface area contributed by atoms with E-state index in [1.165, 1.54) is 12.1 Å². The molecule has 0 aromatic heterocycles. The Morgan fingerprint density at radius 2 is 1.37 bits per heavy atom. The van der Waals surface area contributed by atoms with Crippen molar-refractivity contribution >= 4 is 5.57 Å². The highest BCUT2D eigenvalue weighted by Crippen LogP contribution is 2.36. The summed E-state index contributed by atoms with van der Waals surface area (Å²) in [5.74, 6) is -3.52. The van der Waals surface area contributed by atoms with Gasteiger partial charge in [0.05, 0.1) is 6.61 Å². The zero-order valence-electron chi connectivity index (χ0n) is 19.9. The Morgan fingerprint density at radius 1 is 0.800 bits per heavy atom. The number of ether oxygens (including phenoxy) is 1. The van der Waals surface area contributed by atoms with Gasteiger partial charge in [-0.25, -0.2) is 13.2 Å². The third-order valence-corrected chi connectivity index (χ3v) is 6.36. The maximum Gasteiger partial charge on any atom is 0.201 e. The van der Waals surface area contributed by atoms with Gasteiger partial charge < -0.3 is 4.74 Å². The van der Waals surface area contributed by atoms with Gasteiger partial charge in [-0.1, -0.05) is 61.5 Å². The quantitative estimate of drug-likeness (QED) is 0.242. The van der Waals surface area contributed by atoms with Gasteiger partial charge in [0.1, 0.15) is 0 Å². The van der Waals surface area contributed by atoms with Gasteiger partial charge in [0.15, 0.2) is 23.2 Å². The van der Waals surface area contributed by atoms with E-state index in [9.17, 15) is 8.78 Å². The van der Waals surface area contributed by atoms with Crippen molar-refractivity contribution in [2.24, 2.45) is 5.92 Å². The molecule has 0 saturated heterocycles. The number of benzene rings is 3. The van der Waals surface area contributed by atoms with Gasteiger partial charge in [0, 0.05) is 16.7 Å². The van der Waals surface area contributed by atoms with Gasteiger partial charge in [-0.2, -0.15) is 4.39 Å². The van der Waals surface area contributed by atoms with E-state index in [-0.39, 0.29) is 16.9 Å². The summed E-state index contributed by atoms with van der Waals surface area (Å²) in [7, 11) is 0. The zero-order valence-corrected chi connectivity index (χ0v) is 19.9. The first-order chi connectivity index (χ1) is 16.9. The van der Waals surface area contributed by atoms with Crippen molar-refractivity contribution in [1.29, 1.82) is 0 Å². The zero-order chi connectivity index (χ0) is 24.9. The molecule has 4 rings (SSSR count). The summed E-state index contributed by atoms with van der Waals surface area (Å²) in [6.07, 6.45) is 9.25. The molecule has 3 aromatic rings. The molecule has 1 aliphatic rings. The lowest BCUT2D eigenvalue weighted by Crippen LogP contribution is -2.05. The molecule has 1 atom stereocenters. The van der Waals surface area contributed by atoms with Crippen LogP contribution in [0.2, 0.25) is 0 Å². The standard InChI is InChI=1S/C30H28F4O/c1-3-5-19-6-8-20(9-7-19)23-14-15-24(28(32)27(23)31)21-10-12-22(13-11-21)25-16-17-26(35-18-4-2)30(34)29(25)33/h3,5,8,10-17,19H,4,6-7,9,18H2,1-2H3. The van der Waals surface area contributed by atoms with Crippen LogP contribution in [0.3, 0.4) is 0 Å². The minimum atomic E-state index is -1.04. The summed E-state index contributed by atoms with van der Waals surface area (Å²) >= 11 is 0. The Labute approximate surface area is 203 Å². The Morgan fingerprint density at radius 3 is 1.94 bits per heavy atom. The van der Waals surface area contributed by atoms with Gasteiger partial charge >= 0.3 is 0 Å². The van der Waals surface area contributed by atoms with Crippen molar-refractivity contribution in [3.8, 4) is 28.0 Å². The number of allylic oxidation sites excluding steroid dienone is 4. The number of rotatable bonds is 7. The van der Waals surface area contributed by atoms with E-state index in [0.717, 1.165) is 18.4 Å². The van der Waals surface area contributed by atoms with Crippen molar-refractivity contribution in [3.05, 3.63) is 95.6 Å². The van der Waals surface area contributed by atoms with Gasteiger partial charge in [-0.05, 0) is 67.4 Å². The van der Waals surface area contributed by atoms with Gasteiger partial charge in [0.2, 0.25) is 5.82 Å². The first kappa shape index (κ1) is 24.8. The predicted molar refractivity (Wildman–Crippen MR) is 133 cm³/mol. The topological polar surface area (TPSA) is 9.23 Å². The second-order valence-electron chi connectivity index (χ2n) is 8.74. The van der Waals surface area contributed by atoms with Crippen LogP contribution >= 0.6 is 0 Å². The molecule has 0 heterocycles. The molecule has 182 valence electrons. The maximum absolute atomic E-state index is 15.1. The summed E-state index contributed by atoms with van der Waals surface area (Å²) in [6, 6.07) is 12.3. The van der Waals surface area contributed by atoms with Crippen LogP contribution < -0.4 is 4.74 Å². The van der Waals surface area contributed by atoms with E-state index in [4.69, 9.17) is 4.74 Å². The van der Waals surface area contributed by atoms with E-state index in [0.29, 0.717) is 42.1 Å². The number of halogens is 4.